The maximum atomic E-state index is 9.41. The molecule has 0 spiro atoms. The number of pyridine rings is 1. The van der Waals surface area contributed by atoms with E-state index >= 15 is 0 Å². The zero-order valence-electron chi connectivity index (χ0n) is 15.1. The molecule has 3 heterocycles. The van der Waals surface area contributed by atoms with Gasteiger partial charge in [-0.25, -0.2) is 4.98 Å². The van der Waals surface area contributed by atoms with Gasteiger partial charge < -0.3 is 14.1 Å². The number of aliphatic hydroxyl groups is 1. The van der Waals surface area contributed by atoms with Crippen LogP contribution in [0.25, 0.3) is 22.7 Å². The van der Waals surface area contributed by atoms with E-state index in [4.69, 9.17) is 9.40 Å². The van der Waals surface area contributed by atoms with Crippen LogP contribution < -0.4 is 0 Å². The Balaban J connectivity index is 1.90. The summed E-state index contributed by atoms with van der Waals surface area (Å²) in [5.74, 6) is 1.23. The van der Waals surface area contributed by atoms with Gasteiger partial charge in [0.15, 0.2) is 5.76 Å². The van der Waals surface area contributed by atoms with Crippen molar-refractivity contribution in [2.75, 3.05) is 0 Å². The molecule has 0 aliphatic heterocycles. The molecule has 1 N–H and O–H groups in total. The van der Waals surface area contributed by atoms with Crippen molar-refractivity contribution >= 4 is 0 Å². The molecule has 4 rings (SSSR count). The minimum Gasteiger partial charge on any atom is -0.457 e. The van der Waals surface area contributed by atoms with E-state index in [1.807, 2.05) is 55.0 Å². The lowest BCUT2D eigenvalue weighted by Crippen LogP contribution is -2.10. The van der Waals surface area contributed by atoms with Crippen molar-refractivity contribution in [3.8, 4) is 22.7 Å². The van der Waals surface area contributed by atoms with Gasteiger partial charge in [0.25, 0.3) is 0 Å². The molecule has 1 atom stereocenters. The summed E-state index contributed by atoms with van der Waals surface area (Å²) in [5.41, 5.74) is 3.90. The van der Waals surface area contributed by atoms with Crippen LogP contribution in [0.5, 0.6) is 0 Å². The highest BCUT2D eigenvalue weighted by Crippen LogP contribution is 2.36. The molecular weight excluding hydrogens is 338 g/mol. The number of aromatic nitrogens is 3. The van der Waals surface area contributed by atoms with E-state index in [-0.39, 0.29) is 12.6 Å². The fourth-order valence-electron chi connectivity index (χ4n) is 3.40. The van der Waals surface area contributed by atoms with E-state index in [1.165, 1.54) is 0 Å². The largest absolute Gasteiger partial charge is 0.457 e. The van der Waals surface area contributed by atoms with E-state index in [0.717, 1.165) is 28.9 Å². The summed E-state index contributed by atoms with van der Waals surface area (Å²) in [6.07, 6.45) is 6.42. The van der Waals surface area contributed by atoms with Gasteiger partial charge in [-0.05, 0) is 30.2 Å². The molecule has 0 bridgehead atoms. The van der Waals surface area contributed by atoms with Crippen LogP contribution in [0.15, 0.2) is 77.7 Å². The summed E-state index contributed by atoms with van der Waals surface area (Å²) in [5, 5.41) is 9.41. The van der Waals surface area contributed by atoms with Crippen LogP contribution in [0.4, 0.5) is 0 Å². The number of hydrogen-bond acceptors (Lipinski definition) is 4. The van der Waals surface area contributed by atoms with Crippen molar-refractivity contribution in [2.24, 2.45) is 0 Å². The van der Waals surface area contributed by atoms with Gasteiger partial charge in [0.2, 0.25) is 0 Å². The van der Waals surface area contributed by atoms with Crippen molar-refractivity contribution in [3.63, 3.8) is 0 Å². The van der Waals surface area contributed by atoms with Gasteiger partial charge in [-0.2, -0.15) is 0 Å². The van der Waals surface area contributed by atoms with Gasteiger partial charge in [0, 0.05) is 18.0 Å². The molecule has 0 radical (unpaired) electrons. The molecule has 0 amide bonds. The Morgan fingerprint density at radius 1 is 1.07 bits per heavy atom. The Morgan fingerprint density at radius 3 is 2.59 bits per heavy atom. The van der Waals surface area contributed by atoms with Crippen molar-refractivity contribution in [3.05, 3.63) is 84.6 Å². The minimum absolute atomic E-state index is 0.0846. The Hall–Kier alpha value is -3.18. The maximum absolute atomic E-state index is 9.41. The molecule has 5 heteroatoms. The Kier molecular flexibility index (Phi) is 4.85. The van der Waals surface area contributed by atoms with Crippen LogP contribution in [0, 0.1) is 0 Å². The summed E-state index contributed by atoms with van der Waals surface area (Å²) in [6.45, 7) is 2.01. The average Bonchev–Trinajstić information content (AvgIpc) is 3.37. The highest BCUT2D eigenvalue weighted by Gasteiger charge is 2.23. The highest BCUT2D eigenvalue weighted by molar-refractivity contribution is 5.76. The second-order valence-electron chi connectivity index (χ2n) is 6.35. The molecular formula is C22H21N3O2. The quantitative estimate of drug-likeness (QED) is 0.542. The second kappa shape index (κ2) is 7.60. The maximum Gasteiger partial charge on any atom is 0.153 e. The van der Waals surface area contributed by atoms with Gasteiger partial charge in [-0.1, -0.05) is 43.3 Å². The normalized spacial score (nSPS) is 12.2. The van der Waals surface area contributed by atoms with Gasteiger partial charge in [0.05, 0.1) is 18.1 Å². The number of nitrogens with zero attached hydrogens (tertiary/aromatic N) is 3. The van der Waals surface area contributed by atoms with E-state index in [0.29, 0.717) is 11.5 Å². The van der Waals surface area contributed by atoms with Gasteiger partial charge >= 0.3 is 0 Å². The molecule has 0 fully saturated rings. The Morgan fingerprint density at radius 2 is 1.93 bits per heavy atom. The first-order valence-electron chi connectivity index (χ1n) is 9.04. The van der Waals surface area contributed by atoms with Crippen LogP contribution in [0.3, 0.4) is 0 Å². The fraction of sp³-hybridized carbons (Fsp3) is 0.182. The molecule has 0 saturated carbocycles. The first-order chi connectivity index (χ1) is 13.3. The van der Waals surface area contributed by atoms with Crippen LogP contribution in [-0.2, 0) is 6.61 Å². The van der Waals surface area contributed by atoms with Crippen LogP contribution in [0.2, 0.25) is 0 Å². The van der Waals surface area contributed by atoms with E-state index in [1.54, 1.807) is 12.3 Å². The molecule has 0 saturated heterocycles. The number of rotatable bonds is 6. The zero-order valence-corrected chi connectivity index (χ0v) is 15.1. The summed E-state index contributed by atoms with van der Waals surface area (Å²) in [6, 6.07) is 17.9. The van der Waals surface area contributed by atoms with Crippen LogP contribution in [0.1, 0.15) is 30.7 Å². The van der Waals surface area contributed by atoms with E-state index < -0.39 is 0 Å². The topological polar surface area (TPSA) is 64.1 Å². The predicted molar refractivity (Wildman–Crippen MR) is 104 cm³/mol. The van der Waals surface area contributed by atoms with Crippen molar-refractivity contribution in [2.45, 2.75) is 26.0 Å². The third-order valence-corrected chi connectivity index (χ3v) is 4.68. The highest BCUT2D eigenvalue weighted by atomic mass is 16.4. The standard InChI is InChI=1S/C22H21N3O2/c1-2-19(17-9-6-12-23-13-17)25-15-24-21(16-7-4-3-5-8-16)22(25)20-11-10-18(14-26)27-20/h3-13,15,19,26H,2,14H2,1H3/t19-/m0/s1. The molecule has 0 unspecified atom stereocenters. The minimum atomic E-state index is -0.130. The summed E-state index contributed by atoms with van der Waals surface area (Å²) >= 11 is 0. The number of aliphatic hydroxyl groups excluding tert-OH is 1. The zero-order chi connectivity index (χ0) is 18.6. The average molecular weight is 359 g/mol. The predicted octanol–water partition coefficient (Wildman–Crippen LogP) is 4.70. The summed E-state index contributed by atoms with van der Waals surface area (Å²) < 4.78 is 8.02. The lowest BCUT2D eigenvalue weighted by molar-refractivity contribution is 0.248. The Labute approximate surface area is 158 Å². The van der Waals surface area contributed by atoms with Gasteiger partial charge in [-0.3, -0.25) is 4.98 Å². The fourth-order valence-corrected chi connectivity index (χ4v) is 3.40. The summed E-state index contributed by atoms with van der Waals surface area (Å²) in [4.78, 5) is 8.99. The van der Waals surface area contributed by atoms with E-state index in [2.05, 4.69) is 22.5 Å². The smallest absolute Gasteiger partial charge is 0.153 e. The monoisotopic (exact) mass is 359 g/mol. The van der Waals surface area contributed by atoms with Gasteiger partial charge in [0.1, 0.15) is 18.1 Å². The number of benzene rings is 1. The lowest BCUT2D eigenvalue weighted by atomic mass is 10.0. The number of furan rings is 1. The molecule has 4 aromatic rings. The first-order valence-corrected chi connectivity index (χ1v) is 9.04. The third-order valence-electron chi connectivity index (χ3n) is 4.68. The van der Waals surface area contributed by atoms with Crippen molar-refractivity contribution in [1.82, 2.24) is 14.5 Å². The molecule has 27 heavy (non-hydrogen) atoms. The summed E-state index contributed by atoms with van der Waals surface area (Å²) in [7, 11) is 0. The van der Waals surface area contributed by atoms with Crippen LogP contribution in [-0.4, -0.2) is 19.6 Å². The van der Waals surface area contributed by atoms with Gasteiger partial charge in [-0.15, -0.1) is 0 Å². The molecule has 5 nitrogen and oxygen atoms in total. The molecule has 0 aliphatic rings. The number of hydrogen-bond donors (Lipinski definition) is 1. The van der Waals surface area contributed by atoms with Crippen LogP contribution >= 0.6 is 0 Å². The first kappa shape index (κ1) is 17.2. The molecule has 0 aliphatic carbocycles. The Bertz CT molecular complexity index is 1010. The van der Waals surface area contributed by atoms with Crippen molar-refractivity contribution < 1.29 is 9.52 Å². The lowest BCUT2D eigenvalue weighted by Gasteiger charge is -2.19. The molecule has 136 valence electrons. The molecule has 1 aromatic carbocycles. The number of imidazole rings is 1. The third kappa shape index (κ3) is 3.29. The SMILES string of the molecule is CC[C@@H](c1cccnc1)n1cnc(-c2ccccc2)c1-c1ccc(CO)o1. The van der Waals surface area contributed by atoms with Crippen molar-refractivity contribution in [1.29, 1.82) is 0 Å². The molecule has 3 aromatic heterocycles. The van der Waals surface area contributed by atoms with E-state index in [9.17, 15) is 5.11 Å². The second-order valence-corrected chi connectivity index (χ2v) is 6.35.